The number of fused-ring (bicyclic) bond motifs is 1. The number of nitrogens with zero attached hydrogens (tertiary/aromatic N) is 2. The Kier molecular flexibility index (Phi) is 5.59. The summed E-state index contributed by atoms with van der Waals surface area (Å²) in [7, 11) is 0. The van der Waals surface area contributed by atoms with Crippen LogP contribution in [-0.4, -0.2) is 26.9 Å². The van der Waals surface area contributed by atoms with E-state index in [0.29, 0.717) is 24.0 Å². The Morgan fingerprint density at radius 2 is 1.75 bits per heavy atom. The van der Waals surface area contributed by atoms with Gasteiger partial charge in [0.25, 0.3) is 11.8 Å². The van der Waals surface area contributed by atoms with E-state index in [9.17, 15) is 9.59 Å². The predicted molar refractivity (Wildman–Crippen MR) is 111 cm³/mol. The molecule has 6 nitrogen and oxygen atoms in total. The van der Waals surface area contributed by atoms with E-state index in [-0.39, 0.29) is 17.4 Å². The number of imidazole rings is 1. The molecule has 0 aliphatic carbocycles. The lowest BCUT2D eigenvalue weighted by molar-refractivity contribution is 0.0913. The molecule has 1 aromatic heterocycles. The van der Waals surface area contributed by atoms with Gasteiger partial charge in [0.15, 0.2) is 5.82 Å². The molecule has 1 aromatic carbocycles. The predicted octanol–water partition coefficient (Wildman–Crippen LogP) is 4.12. The van der Waals surface area contributed by atoms with Crippen molar-refractivity contribution >= 4 is 17.5 Å². The Morgan fingerprint density at radius 1 is 1.07 bits per heavy atom. The number of carbonyl (C=O) groups is 2. The fourth-order valence-corrected chi connectivity index (χ4v) is 3.44. The van der Waals surface area contributed by atoms with E-state index in [0.717, 1.165) is 30.6 Å². The molecular weight excluding hydrogens is 352 g/mol. The normalized spacial score (nSPS) is 13.9. The van der Waals surface area contributed by atoms with E-state index in [1.54, 1.807) is 0 Å². The van der Waals surface area contributed by atoms with Gasteiger partial charge in [-0.15, -0.1) is 0 Å². The number of amides is 2. The number of hydrogen-bond donors (Lipinski definition) is 2. The van der Waals surface area contributed by atoms with Gasteiger partial charge in [-0.3, -0.25) is 9.59 Å². The van der Waals surface area contributed by atoms with Crippen LogP contribution in [0.5, 0.6) is 0 Å². The molecule has 0 spiro atoms. The summed E-state index contributed by atoms with van der Waals surface area (Å²) in [5, 5.41) is 5.88. The Morgan fingerprint density at radius 3 is 2.36 bits per heavy atom. The third-order valence-corrected chi connectivity index (χ3v) is 4.86. The van der Waals surface area contributed by atoms with Crippen molar-refractivity contribution in [2.75, 3.05) is 5.32 Å². The van der Waals surface area contributed by atoms with Gasteiger partial charge >= 0.3 is 0 Å². The summed E-state index contributed by atoms with van der Waals surface area (Å²) in [6.45, 7) is 10.8. The van der Waals surface area contributed by atoms with E-state index < -0.39 is 0 Å². The van der Waals surface area contributed by atoms with Crippen molar-refractivity contribution in [1.29, 1.82) is 0 Å². The second-order valence-electron chi connectivity index (χ2n) is 8.77. The highest BCUT2D eigenvalue weighted by atomic mass is 16.2. The molecule has 150 valence electrons. The smallest absolute Gasteiger partial charge is 0.291 e. The van der Waals surface area contributed by atoms with Crippen molar-refractivity contribution in [3.63, 3.8) is 0 Å². The Bertz CT molecular complexity index is 873. The molecule has 0 bridgehead atoms. The van der Waals surface area contributed by atoms with Crippen LogP contribution >= 0.6 is 0 Å². The zero-order chi connectivity index (χ0) is 20.5. The quantitative estimate of drug-likeness (QED) is 0.835. The van der Waals surface area contributed by atoms with Gasteiger partial charge in [0, 0.05) is 17.8 Å². The second kappa shape index (κ2) is 7.78. The molecule has 2 heterocycles. The average Bonchev–Trinajstić information content (AvgIpc) is 3.01. The number of nitrogens with one attached hydrogen (secondary N) is 2. The van der Waals surface area contributed by atoms with E-state index in [1.807, 2.05) is 49.6 Å². The van der Waals surface area contributed by atoms with Gasteiger partial charge in [-0.25, -0.2) is 4.98 Å². The monoisotopic (exact) mass is 382 g/mol. The van der Waals surface area contributed by atoms with Gasteiger partial charge in [0.05, 0.1) is 5.69 Å². The first-order valence-electron chi connectivity index (χ1n) is 9.99. The van der Waals surface area contributed by atoms with Crippen molar-refractivity contribution in [2.24, 2.45) is 0 Å². The van der Waals surface area contributed by atoms with E-state index in [4.69, 9.17) is 0 Å². The Hall–Kier alpha value is -2.63. The standard InChI is InChI=1S/C22H30N4O2/c1-14(2)15-9-11-16(12-10-15)23-21(28)19-24-18(20(27)25-22(3,4)5)17-8-6-7-13-26(17)19/h9-12,14H,6-8,13H2,1-5H3,(H,23,28)(H,25,27). The summed E-state index contributed by atoms with van der Waals surface area (Å²) < 4.78 is 1.90. The summed E-state index contributed by atoms with van der Waals surface area (Å²) in [6, 6.07) is 7.84. The number of aromatic nitrogens is 2. The van der Waals surface area contributed by atoms with Crippen LogP contribution in [0, 0.1) is 0 Å². The minimum absolute atomic E-state index is 0.224. The maximum atomic E-state index is 12.9. The molecule has 0 atom stereocenters. The number of carbonyl (C=O) groups excluding carboxylic acids is 2. The summed E-state index contributed by atoms with van der Waals surface area (Å²) in [5.41, 5.74) is 2.81. The molecule has 2 aromatic rings. The Balaban J connectivity index is 1.86. The van der Waals surface area contributed by atoms with Crippen molar-refractivity contribution in [2.45, 2.75) is 71.9 Å². The van der Waals surface area contributed by atoms with Crippen LogP contribution < -0.4 is 10.6 Å². The van der Waals surface area contributed by atoms with E-state index in [1.165, 1.54) is 5.56 Å². The highest BCUT2D eigenvalue weighted by Gasteiger charge is 2.29. The second-order valence-corrected chi connectivity index (χ2v) is 8.77. The van der Waals surface area contributed by atoms with Crippen LogP contribution in [0.2, 0.25) is 0 Å². The van der Waals surface area contributed by atoms with Gasteiger partial charge in [0.2, 0.25) is 0 Å². The van der Waals surface area contributed by atoms with Gasteiger partial charge < -0.3 is 15.2 Å². The van der Waals surface area contributed by atoms with Crippen molar-refractivity contribution in [3.05, 3.63) is 47.0 Å². The SMILES string of the molecule is CC(C)c1ccc(NC(=O)c2nc(C(=O)NC(C)(C)C)c3n2CCCC3)cc1. The molecule has 2 amide bonds. The highest BCUT2D eigenvalue weighted by molar-refractivity contribution is 6.03. The molecule has 3 rings (SSSR count). The minimum Gasteiger partial charge on any atom is -0.346 e. The maximum Gasteiger partial charge on any atom is 0.291 e. The topological polar surface area (TPSA) is 76.0 Å². The van der Waals surface area contributed by atoms with Crippen LogP contribution in [0.3, 0.4) is 0 Å². The maximum absolute atomic E-state index is 12.9. The fourth-order valence-electron chi connectivity index (χ4n) is 3.44. The molecule has 6 heteroatoms. The van der Waals surface area contributed by atoms with Gasteiger partial charge in [-0.1, -0.05) is 26.0 Å². The van der Waals surface area contributed by atoms with Gasteiger partial charge in [-0.2, -0.15) is 0 Å². The average molecular weight is 383 g/mol. The van der Waals surface area contributed by atoms with Crippen LogP contribution in [0.25, 0.3) is 0 Å². The molecule has 1 aliphatic heterocycles. The summed E-state index contributed by atoms with van der Waals surface area (Å²) in [4.78, 5) is 30.1. The van der Waals surface area contributed by atoms with Crippen LogP contribution in [0.4, 0.5) is 5.69 Å². The minimum atomic E-state index is -0.358. The third kappa shape index (κ3) is 4.43. The molecule has 1 aliphatic rings. The molecule has 0 radical (unpaired) electrons. The van der Waals surface area contributed by atoms with E-state index >= 15 is 0 Å². The first kappa shape index (κ1) is 20.1. The Labute approximate surface area is 166 Å². The summed E-state index contributed by atoms with van der Waals surface area (Å²) in [6.07, 6.45) is 2.74. The van der Waals surface area contributed by atoms with Gasteiger partial charge in [-0.05, 0) is 63.6 Å². The molecule has 0 saturated carbocycles. The highest BCUT2D eigenvalue weighted by Crippen LogP contribution is 2.23. The fraction of sp³-hybridized carbons (Fsp3) is 0.500. The molecule has 0 fully saturated rings. The number of hydrogen-bond acceptors (Lipinski definition) is 3. The summed E-state index contributed by atoms with van der Waals surface area (Å²) in [5.74, 6) is 0.239. The number of anilines is 1. The van der Waals surface area contributed by atoms with Crippen molar-refractivity contribution < 1.29 is 9.59 Å². The van der Waals surface area contributed by atoms with Gasteiger partial charge in [0.1, 0.15) is 5.69 Å². The first-order chi connectivity index (χ1) is 13.2. The lowest BCUT2D eigenvalue weighted by atomic mass is 10.0. The zero-order valence-electron chi connectivity index (χ0n) is 17.4. The first-order valence-corrected chi connectivity index (χ1v) is 9.99. The molecule has 0 saturated heterocycles. The van der Waals surface area contributed by atoms with Crippen LogP contribution in [-0.2, 0) is 13.0 Å². The van der Waals surface area contributed by atoms with Crippen LogP contribution in [0.1, 0.15) is 85.7 Å². The largest absolute Gasteiger partial charge is 0.346 e. The number of rotatable bonds is 4. The third-order valence-electron chi connectivity index (χ3n) is 4.86. The van der Waals surface area contributed by atoms with E-state index in [2.05, 4.69) is 29.5 Å². The molecule has 0 unspecified atom stereocenters. The molecular formula is C22H30N4O2. The van der Waals surface area contributed by atoms with Crippen molar-refractivity contribution in [1.82, 2.24) is 14.9 Å². The molecule has 2 N–H and O–H groups in total. The lowest BCUT2D eigenvalue weighted by Crippen LogP contribution is -2.41. The molecule has 28 heavy (non-hydrogen) atoms. The lowest BCUT2D eigenvalue weighted by Gasteiger charge is -2.21. The number of benzene rings is 1. The van der Waals surface area contributed by atoms with Crippen molar-refractivity contribution in [3.8, 4) is 0 Å². The van der Waals surface area contributed by atoms with Crippen LogP contribution in [0.15, 0.2) is 24.3 Å². The summed E-state index contributed by atoms with van der Waals surface area (Å²) >= 11 is 0. The zero-order valence-corrected chi connectivity index (χ0v) is 17.4.